The van der Waals surface area contributed by atoms with Gasteiger partial charge in [-0.3, -0.25) is 19.1 Å². The molecule has 1 atom stereocenters. The fraction of sp³-hybridized carbons (Fsp3) is 0.667. The Bertz CT molecular complexity index is 1040. The standard InChI is InChI=1S/C21H32N6O3/c1-6-7-12-26-19-18(20(29)24-21(26)30)27(13-14(2)3)16(23-19)8-9-17(28)25(5)15(4)10-11-22/h14-15H,6-10,12-13H2,1-5H3,(H,24,29,30). The van der Waals surface area contributed by atoms with Crippen LogP contribution in [0.1, 0.15) is 59.2 Å². The number of amides is 1. The van der Waals surface area contributed by atoms with E-state index in [1.165, 1.54) is 4.57 Å². The van der Waals surface area contributed by atoms with Gasteiger partial charge in [0.25, 0.3) is 5.56 Å². The molecule has 2 heterocycles. The smallest absolute Gasteiger partial charge is 0.330 e. The van der Waals surface area contributed by atoms with Gasteiger partial charge in [0, 0.05) is 39.0 Å². The van der Waals surface area contributed by atoms with Gasteiger partial charge in [0.15, 0.2) is 11.2 Å². The van der Waals surface area contributed by atoms with Gasteiger partial charge in [-0.25, -0.2) is 9.78 Å². The molecular formula is C21H32N6O3. The van der Waals surface area contributed by atoms with Gasteiger partial charge >= 0.3 is 5.69 Å². The molecule has 30 heavy (non-hydrogen) atoms. The van der Waals surface area contributed by atoms with Gasteiger partial charge in [-0.2, -0.15) is 5.26 Å². The van der Waals surface area contributed by atoms with Crippen LogP contribution in [0, 0.1) is 17.2 Å². The van der Waals surface area contributed by atoms with Crippen LogP contribution in [0.3, 0.4) is 0 Å². The van der Waals surface area contributed by atoms with Crippen LogP contribution in [0.25, 0.3) is 11.2 Å². The van der Waals surface area contributed by atoms with Gasteiger partial charge < -0.3 is 9.47 Å². The predicted molar refractivity (Wildman–Crippen MR) is 115 cm³/mol. The second-order valence-electron chi connectivity index (χ2n) is 8.19. The van der Waals surface area contributed by atoms with Gasteiger partial charge in [-0.05, 0) is 19.3 Å². The molecule has 1 amide bonds. The number of carbonyl (C=O) groups is 1. The molecule has 0 fully saturated rings. The minimum atomic E-state index is -0.456. The van der Waals surface area contributed by atoms with E-state index in [4.69, 9.17) is 5.26 Å². The van der Waals surface area contributed by atoms with Crippen LogP contribution in [-0.4, -0.2) is 43.0 Å². The maximum atomic E-state index is 12.6. The summed E-state index contributed by atoms with van der Waals surface area (Å²) in [7, 11) is 1.69. The summed E-state index contributed by atoms with van der Waals surface area (Å²) in [5.74, 6) is 0.790. The normalized spacial score (nSPS) is 12.3. The largest absolute Gasteiger partial charge is 0.342 e. The third kappa shape index (κ3) is 5.17. The maximum absolute atomic E-state index is 12.6. The fourth-order valence-electron chi connectivity index (χ4n) is 3.40. The molecular weight excluding hydrogens is 384 g/mol. The van der Waals surface area contributed by atoms with Crippen LogP contribution >= 0.6 is 0 Å². The van der Waals surface area contributed by atoms with Crippen molar-refractivity contribution in [3.63, 3.8) is 0 Å². The molecule has 0 aromatic carbocycles. The van der Waals surface area contributed by atoms with Gasteiger partial charge in [-0.1, -0.05) is 27.2 Å². The van der Waals surface area contributed by atoms with Crippen molar-refractivity contribution in [2.75, 3.05) is 7.05 Å². The van der Waals surface area contributed by atoms with Crippen LogP contribution in [0.15, 0.2) is 9.59 Å². The molecule has 1 N–H and O–H groups in total. The number of imidazole rings is 1. The Hall–Kier alpha value is -2.89. The Morgan fingerprint density at radius 1 is 1.27 bits per heavy atom. The number of nitrogens with one attached hydrogen (secondary N) is 1. The summed E-state index contributed by atoms with van der Waals surface area (Å²) in [6.45, 7) is 9.00. The molecule has 1 unspecified atom stereocenters. The van der Waals surface area contributed by atoms with Crippen molar-refractivity contribution in [1.82, 2.24) is 24.0 Å². The Kier molecular flexibility index (Phi) is 7.98. The highest BCUT2D eigenvalue weighted by Gasteiger charge is 2.21. The van der Waals surface area contributed by atoms with Crippen molar-refractivity contribution in [3.8, 4) is 6.07 Å². The lowest BCUT2D eigenvalue weighted by Crippen LogP contribution is -2.35. The summed E-state index contributed by atoms with van der Waals surface area (Å²) in [4.78, 5) is 46.2. The highest BCUT2D eigenvalue weighted by Crippen LogP contribution is 2.17. The van der Waals surface area contributed by atoms with Gasteiger partial charge in [0.05, 0.1) is 12.5 Å². The lowest BCUT2D eigenvalue weighted by molar-refractivity contribution is -0.131. The number of carbonyl (C=O) groups excluding carboxylic acids is 1. The van der Waals surface area contributed by atoms with Crippen LogP contribution in [0.2, 0.25) is 0 Å². The first kappa shape index (κ1) is 23.4. The zero-order valence-electron chi connectivity index (χ0n) is 18.6. The summed E-state index contributed by atoms with van der Waals surface area (Å²) >= 11 is 0. The van der Waals surface area contributed by atoms with E-state index in [-0.39, 0.29) is 30.7 Å². The van der Waals surface area contributed by atoms with E-state index in [0.29, 0.717) is 36.5 Å². The Morgan fingerprint density at radius 3 is 2.57 bits per heavy atom. The van der Waals surface area contributed by atoms with E-state index < -0.39 is 11.2 Å². The highest BCUT2D eigenvalue weighted by molar-refractivity contribution is 5.77. The van der Waals surface area contributed by atoms with Crippen molar-refractivity contribution >= 4 is 17.1 Å². The summed E-state index contributed by atoms with van der Waals surface area (Å²) in [6, 6.07) is 1.91. The SMILES string of the molecule is CCCCn1c(=O)[nH]c(=O)c2c1nc(CCC(=O)N(C)C(C)CC#N)n2CC(C)C. The second kappa shape index (κ2) is 10.2. The zero-order valence-corrected chi connectivity index (χ0v) is 18.6. The minimum absolute atomic E-state index is 0.0850. The Labute approximate surface area is 176 Å². The molecule has 0 bridgehead atoms. The molecule has 2 aromatic rings. The van der Waals surface area contributed by atoms with E-state index in [1.807, 2.05) is 32.3 Å². The number of nitriles is 1. The van der Waals surface area contributed by atoms with E-state index in [0.717, 1.165) is 12.8 Å². The zero-order chi connectivity index (χ0) is 22.4. The third-order valence-corrected chi connectivity index (χ3v) is 5.25. The first-order valence-electron chi connectivity index (χ1n) is 10.6. The molecule has 0 aliphatic rings. The number of aromatic amines is 1. The Balaban J connectivity index is 2.44. The average molecular weight is 417 g/mol. The summed E-state index contributed by atoms with van der Waals surface area (Å²) < 4.78 is 3.36. The average Bonchev–Trinajstić information content (AvgIpc) is 3.03. The van der Waals surface area contributed by atoms with Crippen LogP contribution in [0.4, 0.5) is 0 Å². The number of fused-ring (bicyclic) bond motifs is 1. The minimum Gasteiger partial charge on any atom is -0.342 e. The quantitative estimate of drug-likeness (QED) is 0.636. The summed E-state index contributed by atoms with van der Waals surface area (Å²) in [6.07, 6.45) is 2.55. The molecule has 9 heteroatoms. The van der Waals surface area contributed by atoms with Crippen molar-refractivity contribution < 1.29 is 4.79 Å². The molecule has 0 saturated heterocycles. The number of rotatable bonds is 10. The molecule has 2 aromatic heterocycles. The molecule has 9 nitrogen and oxygen atoms in total. The van der Waals surface area contributed by atoms with Crippen molar-refractivity contribution in [2.24, 2.45) is 5.92 Å². The van der Waals surface area contributed by atoms with Gasteiger partial charge in [-0.15, -0.1) is 0 Å². The molecule has 2 rings (SSSR count). The molecule has 0 spiro atoms. The number of aryl methyl sites for hydroxylation is 2. The molecule has 0 aliphatic heterocycles. The van der Waals surface area contributed by atoms with Crippen molar-refractivity contribution in [1.29, 1.82) is 5.26 Å². The molecule has 0 aliphatic carbocycles. The number of unbranched alkanes of at least 4 members (excludes halogenated alkanes) is 1. The maximum Gasteiger partial charge on any atom is 0.330 e. The predicted octanol–water partition coefficient (Wildman–Crippen LogP) is 2.04. The first-order valence-corrected chi connectivity index (χ1v) is 10.6. The number of H-pyrrole nitrogens is 1. The van der Waals surface area contributed by atoms with Gasteiger partial charge in [0.2, 0.25) is 5.91 Å². The highest BCUT2D eigenvalue weighted by atomic mass is 16.2. The molecule has 0 saturated carbocycles. The van der Waals surface area contributed by atoms with E-state index in [1.54, 1.807) is 11.9 Å². The fourth-order valence-corrected chi connectivity index (χ4v) is 3.40. The topological polar surface area (TPSA) is 117 Å². The third-order valence-electron chi connectivity index (χ3n) is 5.25. The second-order valence-corrected chi connectivity index (χ2v) is 8.19. The van der Waals surface area contributed by atoms with Crippen LogP contribution < -0.4 is 11.2 Å². The lowest BCUT2D eigenvalue weighted by Gasteiger charge is -2.23. The number of nitrogens with zero attached hydrogens (tertiary/aromatic N) is 5. The summed E-state index contributed by atoms with van der Waals surface area (Å²) in [5.41, 5.74) is -0.143. The van der Waals surface area contributed by atoms with Crippen molar-refractivity contribution in [2.45, 2.75) is 78.9 Å². The summed E-state index contributed by atoms with van der Waals surface area (Å²) in [5, 5.41) is 8.85. The molecule has 0 radical (unpaired) electrons. The van der Waals surface area contributed by atoms with Gasteiger partial charge in [0.1, 0.15) is 5.82 Å². The first-order chi connectivity index (χ1) is 14.2. The number of hydrogen-bond donors (Lipinski definition) is 1. The van der Waals surface area contributed by atoms with E-state index in [9.17, 15) is 14.4 Å². The number of hydrogen-bond acceptors (Lipinski definition) is 5. The van der Waals surface area contributed by atoms with E-state index in [2.05, 4.69) is 16.0 Å². The van der Waals surface area contributed by atoms with E-state index >= 15 is 0 Å². The molecule has 164 valence electrons. The monoisotopic (exact) mass is 416 g/mol. The van der Waals surface area contributed by atoms with Crippen molar-refractivity contribution in [3.05, 3.63) is 26.7 Å². The lowest BCUT2D eigenvalue weighted by atomic mass is 10.2. The van der Waals surface area contributed by atoms with Crippen LogP contribution in [0.5, 0.6) is 0 Å². The van der Waals surface area contributed by atoms with Crippen LogP contribution in [-0.2, 0) is 24.3 Å². The number of aromatic nitrogens is 4. The Morgan fingerprint density at radius 2 is 1.97 bits per heavy atom.